The Morgan fingerprint density at radius 2 is 1.81 bits per heavy atom. The Balaban J connectivity index is 2.40. The van der Waals surface area contributed by atoms with Crippen LogP contribution in [-0.2, 0) is 9.53 Å². The van der Waals surface area contributed by atoms with Gasteiger partial charge in [-0.25, -0.2) is 4.79 Å². The van der Waals surface area contributed by atoms with Crippen LogP contribution < -0.4 is 10.6 Å². The summed E-state index contributed by atoms with van der Waals surface area (Å²) in [4.78, 5) is 22.3. The van der Waals surface area contributed by atoms with E-state index in [1.165, 1.54) is 6.92 Å². The minimum atomic E-state index is -0.493. The third kappa shape index (κ3) is 7.77. The number of hydrogen-bond acceptors (Lipinski definition) is 3. The quantitative estimate of drug-likeness (QED) is 0.895. The molecule has 0 atom stereocenters. The Kier molecular flexibility index (Phi) is 5.96. The second-order valence-corrected chi connectivity index (χ2v) is 5.59. The average molecular weight is 290 g/mol. The lowest BCUT2D eigenvalue weighted by Gasteiger charge is -2.19. The number of alkyl carbamates (subject to hydrolysis) is 1. The number of carbonyl (C=O) groups excluding carboxylic acids is 2. The monoisotopic (exact) mass is 290 g/mol. The van der Waals surface area contributed by atoms with Gasteiger partial charge in [0, 0.05) is 19.2 Å². The SMILES string of the molecule is CC(=O)Nc1ccc(C=CCNC(=O)OC(C)(C)C)cc1. The Hall–Kier alpha value is -2.30. The average Bonchev–Trinajstić information content (AvgIpc) is 2.34. The minimum absolute atomic E-state index is 0.0974. The highest BCUT2D eigenvalue weighted by atomic mass is 16.6. The molecule has 0 unspecified atom stereocenters. The number of amides is 2. The lowest BCUT2D eigenvalue weighted by atomic mass is 10.2. The van der Waals surface area contributed by atoms with Crippen molar-refractivity contribution in [1.82, 2.24) is 5.32 Å². The number of rotatable bonds is 4. The summed E-state index contributed by atoms with van der Waals surface area (Å²) in [5.41, 5.74) is 1.24. The van der Waals surface area contributed by atoms with Crippen molar-refractivity contribution in [3.05, 3.63) is 35.9 Å². The highest BCUT2D eigenvalue weighted by Gasteiger charge is 2.14. The molecule has 0 saturated heterocycles. The first-order chi connectivity index (χ1) is 9.76. The van der Waals surface area contributed by atoms with E-state index in [0.717, 1.165) is 11.3 Å². The minimum Gasteiger partial charge on any atom is -0.444 e. The smallest absolute Gasteiger partial charge is 0.407 e. The van der Waals surface area contributed by atoms with E-state index in [9.17, 15) is 9.59 Å². The van der Waals surface area contributed by atoms with Crippen LogP contribution >= 0.6 is 0 Å². The molecular weight excluding hydrogens is 268 g/mol. The highest BCUT2D eigenvalue weighted by molar-refractivity contribution is 5.88. The molecule has 0 aromatic heterocycles. The van der Waals surface area contributed by atoms with Gasteiger partial charge in [0.25, 0.3) is 0 Å². The number of nitrogens with one attached hydrogen (secondary N) is 2. The van der Waals surface area contributed by atoms with Crippen molar-refractivity contribution in [2.45, 2.75) is 33.3 Å². The number of carbonyl (C=O) groups is 2. The van der Waals surface area contributed by atoms with Gasteiger partial charge in [0.1, 0.15) is 5.60 Å². The van der Waals surface area contributed by atoms with Crippen molar-refractivity contribution in [2.75, 3.05) is 11.9 Å². The second kappa shape index (κ2) is 7.47. The van der Waals surface area contributed by atoms with Crippen molar-refractivity contribution in [2.24, 2.45) is 0 Å². The largest absolute Gasteiger partial charge is 0.444 e. The summed E-state index contributed by atoms with van der Waals surface area (Å²) in [5, 5.41) is 5.34. The Morgan fingerprint density at radius 3 is 2.33 bits per heavy atom. The van der Waals surface area contributed by atoms with E-state index in [2.05, 4.69) is 10.6 Å². The third-order valence-electron chi connectivity index (χ3n) is 2.30. The van der Waals surface area contributed by atoms with Gasteiger partial charge in [-0.2, -0.15) is 0 Å². The van der Waals surface area contributed by atoms with E-state index in [-0.39, 0.29) is 5.91 Å². The molecule has 0 bridgehead atoms. The molecule has 5 nitrogen and oxygen atoms in total. The zero-order chi connectivity index (χ0) is 15.9. The van der Waals surface area contributed by atoms with Gasteiger partial charge < -0.3 is 15.4 Å². The normalized spacial score (nSPS) is 11.2. The summed E-state index contributed by atoms with van der Waals surface area (Å²) in [7, 11) is 0. The lowest BCUT2D eigenvalue weighted by molar-refractivity contribution is -0.114. The molecule has 2 N–H and O–H groups in total. The van der Waals surface area contributed by atoms with Crippen LogP contribution in [0.15, 0.2) is 30.3 Å². The maximum absolute atomic E-state index is 11.4. The van der Waals surface area contributed by atoms with Crippen molar-refractivity contribution in [3.8, 4) is 0 Å². The molecule has 2 amide bonds. The number of hydrogen-bond donors (Lipinski definition) is 2. The van der Waals surface area contributed by atoms with Gasteiger partial charge in [0.05, 0.1) is 0 Å². The fourth-order valence-electron chi connectivity index (χ4n) is 1.53. The first-order valence-electron chi connectivity index (χ1n) is 6.77. The van der Waals surface area contributed by atoms with Crippen LogP contribution in [-0.4, -0.2) is 24.1 Å². The van der Waals surface area contributed by atoms with Crippen LogP contribution in [0.2, 0.25) is 0 Å². The van der Waals surface area contributed by atoms with Crippen LogP contribution in [0.4, 0.5) is 10.5 Å². The van der Waals surface area contributed by atoms with E-state index in [4.69, 9.17) is 4.74 Å². The molecule has 0 fully saturated rings. The van der Waals surface area contributed by atoms with E-state index < -0.39 is 11.7 Å². The number of anilines is 1. The van der Waals surface area contributed by atoms with E-state index in [0.29, 0.717) is 6.54 Å². The van der Waals surface area contributed by atoms with Gasteiger partial charge in [-0.15, -0.1) is 0 Å². The molecule has 1 aromatic rings. The molecule has 5 heteroatoms. The topological polar surface area (TPSA) is 67.4 Å². The third-order valence-corrected chi connectivity index (χ3v) is 2.30. The lowest BCUT2D eigenvalue weighted by Crippen LogP contribution is -2.32. The van der Waals surface area contributed by atoms with Crippen molar-refractivity contribution in [3.63, 3.8) is 0 Å². The highest BCUT2D eigenvalue weighted by Crippen LogP contribution is 2.10. The van der Waals surface area contributed by atoms with E-state index in [1.807, 2.05) is 57.2 Å². The number of benzene rings is 1. The van der Waals surface area contributed by atoms with Gasteiger partial charge in [-0.1, -0.05) is 24.3 Å². The zero-order valence-electron chi connectivity index (χ0n) is 12.9. The molecule has 21 heavy (non-hydrogen) atoms. The first-order valence-corrected chi connectivity index (χ1v) is 6.77. The number of ether oxygens (including phenoxy) is 1. The van der Waals surface area contributed by atoms with Gasteiger partial charge in [0.2, 0.25) is 5.91 Å². The standard InChI is InChI=1S/C16H22N2O3/c1-12(19)18-14-9-7-13(8-10-14)6-5-11-17-15(20)21-16(2,3)4/h5-10H,11H2,1-4H3,(H,17,20)(H,18,19). The van der Waals surface area contributed by atoms with Crippen LogP contribution in [0.5, 0.6) is 0 Å². The molecule has 0 heterocycles. The van der Waals surface area contributed by atoms with Crippen molar-refractivity contribution in [1.29, 1.82) is 0 Å². The Bertz CT molecular complexity index is 513. The van der Waals surface area contributed by atoms with Crippen LogP contribution in [0, 0.1) is 0 Å². The molecule has 1 rings (SSSR count). The molecule has 0 spiro atoms. The Labute approximate surface area is 125 Å². The van der Waals surface area contributed by atoms with Crippen molar-refractivity contribution >= 4 is 23.8 Å². The van der Waals surface area contributed by atoms with Gasteiger partial charge in [-0.05, 0) is 38.5 Å². The predicted octanol–water partition coefficient (Wildman–Crippen LogP) is 3.18. The Morgan fingerprint density at radius 1 is 1.19 bits per heavy atom. The predicted molar refractivity (Wildman–Crippen MR) is 84.0 cm³/mol. The molecule has 0 radical (unpaired) electrons. The maximum Gasteiger partial charge on any atom is 0.407 e. The molecule has 0 aliphatic heterocycles. The van der Waals surface area contributed by atoms with Crippen molar-refractivity contribution < 1.29 is 14.3 Å². The molecule has 114 valence electrons. The summed E-state index contributed by atoms with van der Waals surface area (Å²) in [5.74, 6) is -0.0974. The maximum atomic E-state index is 11.4. The summed E-state index contributed by atoms with van der Waals surface area (Å²) < 4.78 is 5.12. The second-order valence-electron chi connectivity index (χ2n) is 5.59. The summed E-state index contributed by atoms with van der Waals surface area (Å²) in [6, 6.07) is 7.41. The first kappa shape index (κ1) is 16.8. The van der Waals surface area contributed by atoms with Crippen LogP contribution in [0.25, 0.3) is 6.08 Å². The van der Waals surface area contributed by atoms with Gasteiger partial charge in [0.15, 0.2) is 0 Å². The summed E-state index contributed by atoms with van der Waals surface area (Å²) in [6.45, 7) is 7.32. The van der Waals surface area contributed by atoms with Gasteiger partial charge in [-0.3, -0.25) is 4.79 Å². The van der Waals surface area contributed by atoms with Crippen LogP contribution in [0.3, 0.4) is 0 Å². The molecule has 1 aromatic carbocycles. The van der Waals surface area contributed by atoms with E-state index in [1.54, 1.807) is 0 Å². The van der Waals surface area contributed by atoms with Crippen LogP contribution in [0.1, 0.15) is 33.3 Å². The van der Waals surface area contributed by atoms with E-state index >= 15 is 0 Å². The zero-order valence-corrected chi connectivity index (χ0v) is 12.9. The molecule has 0 aliphatic rings. The molecule has 0 aliphatic carbocycles. The van der Waals surface area contributed by atoms with Gasteiger partial charge >= 0.3 is 6.09 Å². The summed E-state index contributed by atoms with van der Waals surface area (Å²) >= 11 is 0. The fourth-order valence-corrected chi connectivity index (χ4v) is 1.53. The molecule has 0 saturated carbocycles. The molecular formula is C16H22N2O3. The fraction of sp³-hybridized carbons (Fsp3) is 0.375. The summed E-state index contributed by atoms with van der Waals surface area (Å²) in [6.07, 6.45) is 3.28.